The second-order valence-corrected chi connectivity index (χ2v) is 7.35. The quantitative estimate of drug-likeness (QED) is 0.847. The van der Waals surface area contributed by atoms with Crippen LogP contribution in [0.5, 0.6) is 0 Å². The van der Waals surface area contributed by atoms with Gasteiger partial charge in [0.2, 0.25) is 5.91 Å². The molecule has 5 heteroatoms. The summed E-state index contributed by atoms with van der Waals surface area (Å²) in [6.07, 6.45) is 4.93. The lowest BCUT2D eigenvalue weighted by Gasteiger charge is -2.33. The maximum atomic E-state index is 12.3. The molecule has 2 rings (SSSR count). The Bertz CT molecular complexity index is 536. The lowest BCUT2D eigenvalue weighted by Crippen LogP contribution is -2.40. The Morgan fingerprint density at radius 3 is 2.39 bits per heavy atom. The third-order valence-electron chi connectivity index (χ3n) is 4.66. The number of benzene rings is 1. The van der Waals surface area contributed by atoms with Gasteiger partial charge in [0, 0.05) is 36.1 Å². The molecule has 0 atom stereocenters. The van der Waals surface area contributed by atoms with Gasteiger partial charge in [-0.25, -0.2) is 0 Å². The van der Waals surface area contributed by atoms with E-state index in [4.69, 9.17) is 0 Å². The fourth-order valence-corrected chi connectivity index (χ4v) is 3.26. The van der Waals surface area contributed by atoms with E-state index in [0.29, 0.717) is 24.6 Å². The molecule has 0 bridgehead atoms. The maximum Gasteiger partial charge on any atom is 0.251 e. The Kier molecular flexibility index (Phi) is 6.63. The number of amides is 2. The van der Waals surface area contributed by atoms with Gasteiger partial charge in [-0.2, -0.15) is 0 Å². The Morgan fingerprint density at radius 1 is 1.17 bits per heavy atom. The first-order valence-electron chi connectivity index (χ1n) is 8.27. The summed E-state index contributed by atoms with van der Waals surface area (Å²) in [7, 11) is 1.89. The van der Waals surface area contributed by atoms with Crippen molar-refractivity contribution in [3.63, 3.8) is 0 Å². The number of halogens is 1. The molecular formula is C18H25BrN2O2. The van der Waals surface area contributed by atoms with Crippen LogP contribution in [0.1, 0.15) is 49.4 Å². The summed E-state index contributed by atoms with van der Waals surface area (Å²) in [6.45, 7) is 2.65. The monoisotopic (exact) mass is 380 g/mol. The van der Waals surface area contributed by atoms with Gasteiger partial charge in [0.05, 0.1) is 0 Å². The summed E-state index contributed by atoms with van der Waals surface area (Å²) in [5, 5.41) is 2.81. The van der Waals surface area contributed by atoms with Gasteiger partial charge < -0.3 is 10.2 Å². The summed E-state index contributed by atoms with van der Waals surface area (Å²) < 4.78 is 0.938. The molecule has 0 heterocycles. The third kappa shape index (κ3) is 5.34. The number of nitrogens with zero attached hydrogens (tertiary/aromatic N) is 1. The van der Waals surface area contributed by atoms with Crippen LogP contribution in [-0.2, 0) is 4.79 Å². The molecule has 0 radical (unpaired) electrons. The van der Waals surface area contributed by atoms with Gasteiger partial charge in [0.25, 0.3) is 5.91 Å². The van der Waals surface area contributed by atoms with Gasteiger partial charge in [-0.3, -0.25) is 9.59 Å². The average molecular weight is 381 g/mol. The molecule has 0 aromatic heterocycles. The SMILES string of the molecule is CC1CCC(N(C)C(=O)CCNC(=O)c2ccc(Br)cc2)CC1. The van der Waals surface area contributed by atoms with E-state index in [1.807, 2.05) is 24.1 Å². The molecule has 1 fully saturated rings. The zero-order valence-electron chi connectivity index (χ0n) is 13.8. The summed E-state index contributed by atoms with van der Waals surface area (Å²) >= 11 is 3.34. The van der Waals surface area contributed by atoms with Gasteiger partial charge in [-0.1, -0.05) is 22.9 Å². The molecule has 1 aliphatic rings. The molecular weight excluding hydrogens is 356 g/mol. The molecule has 126 valence electrons. The highest BCUT2D eigenvalue weighted by Crippen LogP contribution is 2.26. The van der Waals surface area contributed by atoms with Crippen molar-refractivity contribution in [3.8, 4) is 0 Å². The first kappa shape index (κ1) is 18.0. The highest BCUT2D eigenvalue weighted by atomic mass is 79.9. The maximum absolute atomic E-state index is 12.3. The molecule has 1 aliphatic carbocycles. The first-order valence-corrected chi connectivity index (χ1v) is 9.06. The van der Waals surface area contributed by atoms with Gasteiger partial charge in [-0.15, -0.1) is 0 Å². The lowest BCUT2D eigenvalue weighted by molar-refractivity contribution is -0.132. The van der Waals surface area contributed by atoms with Crippen molar-refractivity contribution in [2.24, 2.45) is 5.92 Å². The zero-order valence-corrected chi connectivity index (χ0v) is 15.4. The van der Waals surface area contributed by atoms with Crippen LogP contribution in [-0.4, -0.2) is 36.3 Å². The number of hydrogen-bond donors (Lipinski definition) is 1. The highest BCUT2D eigenvalue weighted by Gasteiger charge is 2.24. The summed E-state index contributed by atoms with van der Waals surface area (Å²) in [6, 6.07) is 7.55. The smallest absolute Gasteiger partial charge is 0.251 e. The predicted octanol–water partition coefficient (Wildman–Crippen LogP) is 3.61. The van der Waals surface area contributed by atoms with Crippen LogP contribution in [0.15, 0.2) is 28.7 Å². The van der Waals surface area contributed by atoms with E-state index in [9.17, 15) is 9.59 Å². The summed E-state index contributed by atoms with van der Waals surface area (Å²) in [5.74, 6) is 0.750. The highest BCUT2D eigenvalue weighted by molar-refractivity contribution is 9.10. The van der Waals surface area contributed by atoms with E-state index >= 15 is 0 Å². The van der Waals surface area contributed by atoms with E-state index in [0.717, 1.165) is 23.2 Å². The Morgan fingerprint density at radius 2 is 1.78 bits per heavy atom. The molecule has 0 saturated heterocycles. The van der Waals surface area contributed by atoms with Crippen LogP contribution in [0.25, 0.3) is 0 Å². The molecule has 2 amide bonds. The number of carbonyl (C=O) groups is 2. The van der Waals surface area contributed by atoms with Gasteiger partial charge in [0.15, 0.2) is 0 Å². The molecule has 1 N–H and O–H groups in total. The fraction of sp³-hybridized carbons (Fsp3) is 0.556. The minimum atomic E-state index is -0.139. The standard InChI is InChI=1S/C18H25BrN2O2/c1-13-3-9-16(10-4-13)21(2)17(22)11-12-20-18(23)14-5-7-15(19)8-6-14/h5-8,13,16H,3-4,9-12H2,1-2H3,(H,20,23). The fourth-order valence-electron chi connectivity index (χ4n) is 3.00. The molecule has 0 spiro atoms. The Balaban J connectivity index is 1.73. The Labute approximate surface area is 146 Å². The number of carbonyl (C=O) groups excluding carboxylic acids is 2. The molecule has 1 aromatic carbocycles. The predicted molar refractivity (Wildman–Crippen MR) is 95.3 cm³/mol. The molecule has 0 unspecified atom stereocenters. The number of hydrogen-bond acceptors (Lipinski definition) is 2. The number of rotatable bonds is 5. The van der Waals surface area contributed by atoms with Crippen molar-refractivity contribution in [1.29, 1.82) is 0 Å². The molecule has 1 saturated carbocycles. The minimum absolute atomic E-state index is 0.112. The van der Waals surface area contributed by atoms with Crippen molar-refractivity contribution >= 4 is 27.7 Å². The zero-order chi connectivity index (χ0) is 16.8. The summed E-state index contributed by atoms with van der Waals surface area (Å²) in [4.78, 5) is 26.1. The van der Waals surface area contributed by atoms with Crippen LogP contribution < -0.4 is 5.32 Å². The molecule has 0 aliphatic heterocycles. The van der Waals surface area contributed by atoms with Crippen LogP contribution in [0.2, 0.25) is 0 Å². The van der Waals surface area contributed by atoms with Gasteiger partial charge in [-0.05, 0) is 55.9 Å². The van der Waals surface area contributed by atoms with Crippen LogP contribution in [0.4, 0.5) is 0 Å². The largest absolute Gasteiger partial charge is 0.352 e. The molecule has 4 nitrogen and oxygen atoms in total. The van der Waals surface area contributed by atoms with Crippen LogP contribution in [0, 0.1) is 5.92 Å². The molecule has 1 aromatic rings. The summed E-state index contributed by atoms with van der Waals surface area (Å²) in [5.41, 5.74) is 0.607. The third-order valence-corrected chi connectivity index (χ3v) is 5.19. The van der Waals surface area contributed by atoms with Crippen molar-refractivity contribution in [1.82, 2.24) is 10.2 Å². The minimum Gasteiger partial charge on any atom is -0.352 e. The second kappa shape index (κ2) is 8.48. The average Bonchev–Trinajstić information content (AvgIpc) is 2.55. The van der Waals surface area contributed by atoms with E-state index < -0.39 is 0 Å². The van der Waals surface area contributed by atoms with E-state index in [2.05, 4.69) is 28.2 Å². The van der Waals surface area contributed by atoms with Gasteiger partial charge >= 0.3 is 0 Å². The Hall–Kier alpha value is -1.36. The van der Waals surface area contributed by atoms with Crippen molar-refractivity contribution in [2.75, 3.05) is 13.6 Å². The second-order valence-electron chi connectivity index (χ2n) is 6.43. The van der Waals surface area contributed by atoms with Crippen molar-refractivity contribution in [3.05, 3.63) is 34.3 Å². The normalized spacial score (nSPS) is 20.8. The van der Waals surface area contributed by atoms with Crippen molar-refractivity contribution < 1.29 is 9.59 Å². The van der Waals surface area contributed by atoms with E-state index in [-0.39, 0.29) is 11.8 Å². The molecule has 23 heavy (non-hydrogen) atoms. The topological polar surface area (TPSA) is 49.4 Å². The van der Waals surface area contributed by atoms with Crippen LogP contribution >= 0.6 is 15.9 Å². The number of nitrogens with one attached hydrogen (secondary N) is 1. The van der Waals surface area contributed by atoms with E-state index in [1.54, 1.807) is 12.1 Å². The first-order chi connectivity index (χ1) is 11.0. The van der Waals surface area contributed by atoms with Gasteiger partial charge in [0.1, 0.15) is 0 Å². The van der Waals surface area contributed by atoms with Crippen LogP contribution in [0.3, 0.4) is 0 Å². The van der Waals surface area contributed by atoms with Crippen molar-refractivity contribution in [2.45, 2.75) is 45.1 Å². The lowest BCUT2D eigenvalue weighted by atomic mass is 9.86. The van der Waals surface area contributed by atoms with E-state index in [1.165, 1.54) is 12.8 Å².